The molecular formula is C15H21N3O. The van der Waals surface area contributed by atoms with Gasteiger partial charge in [-0.3, -0.25) is 0 Å². The Hall–Kier alpha value is -1.71. The summed E-state index contributed by atoms with van der Waals surface area (Å²) < 4.78 is 7.56. The third-order valence-electron chi connectivity index (χ3n) is 4.07. The second kappa shape index (κ2) is 4.76. The van der Waals surface area contributed by atoms with E-state index in [2.05, 4.69) is 22.5 Å². The number of benzene rings is 1. The van der Waals surface area contributed by atoms with Crippen molar-refractivity contribution in [1.29, 1.82) is 0 Å². The molecule has 0 radical (unpaired) electrons. The Morgan fingerprint density at radius 2 is 2.26 bits per heavy atom. The van der Waals surface area contributed by atoms with E-state index in [1.54, 1.807) is 7.11 Å². The van der Waals surface area contributed by atoms with Crippen molar-refractivity contribution in [2.45, 2.75) is 38.6 Å². The molecule has 0 saturated heterocycles. The Labute approximate surface area is 113 Å². The van der Waals surface area contributed by atoms with Gasteiger partial charge in [-0.1, -0.05) is 25.8 Å². The molecule has 3 rings (SSSR count). The van der Waals surface area contributed by atoms with Crippen LogP contribution in [0.1, 0.15) is 38.6 Å². The van der Waals surface area contributed by atoms with Crippen LogP contribution < -0.4 is 10.5 Å². The maximum absolute atomic E-state index is 6.15. The van der Waals surface area contributed by atoms with E-state index in [1.165, 1.54) is 19.3 Å². The molecule has 19 heavy (non-hydrogen) atoms. The zero-order valence-corrected chi connectivity index (χ0v) is 11.6. The molecule has 0 spiro atoms. The number of hydrogen-bond acceptors (Lipinski definition) is 3. The van der Waals surface area contributed by atoms with Gasteiger partial charge in [-0.25, -0.2) is 4.98 Å². The first-order valence-corrected chi connectivity index (χ1v) is 7.05. The standard InChI is InChI=1S/C15H21N3O/c1-3-11(9-10-7-8-10)18-12-5-4-6-13(19-2)14(12)17-15(18)16/h4-6,10-11H,3,7-9H2,1-2H3,(H2,16,17). The van der Waals surface area contributed by atoms with E-state index in [0.717, 1.165) is 29.1 Å². The zero-order chi connectivity index (χ0) is 13.4. The molecule has 2 aromatic rings. The summed E-state index contributed by atoms with van der Waals surface area (Å²) >= 11 is 0. The van der Waals surface area contributed by atoms with Gasteiger partial charge in [0.2, 0.25) is 5.95 Å². The number of nitrogen functional groups attached to an aromatic ring is 1. The van der Waals surface area contributed by atoms with Crippen LogP contribution in [-0.4, -0.2) is 16.7 Å². The number of hydrogen-bond donors (Lipinski definition) is 1. The fourth-order valence-corrected chi connectivity index (χ4v) is 2.85. The first-order valence-electron chi connectivity index (χ1n) is 7.05. The first-order chi connectivity index (χ1) is 9.24. The van der Waals surface area contributed by atoms with Gasteiger partial charge in [-0.15, -0.1) is 0 Å². The molecule has 102 valence electrons. The fourth-order valence-electron chi connectivity index (χ4n) is 2.85. The van der Waals surface area contributed by atoms with Crippen molar-refractivity contribution in [2.24, 2.45) is 5.92 Å². The number of aromatic nitrogens is 2. The minimum atomic E-state index is 0.449. The molecule has 4 nitrogen and oxygen atoms in total. The molecule has 1 unspecified atom stereocenters. The van der Waals surface area contributed by atoms with Gasteiger partial charge in [0, 0.05) is 6.04 Å². The summed E-state index contributed by atoms with van der Waals surface area (Å²) in [5.74, 6) is 2.28. The Morgan fingerprint density at radius 1 is 1.47 bits per heavy atom. The molecule has 0 bridgehead atoms. The number of methoxy groups -OCH3 is 1. The van der Waals surface area contributed by atoms with Crippen LogP contribution in [0.3, 0.4) is 0 Å². The number of imidazole rings is 1. The van der Waals surface area contributed by atoms with Crippen molar-refractivity contribution in [1.82, 2.24) is 9.55 Å². The van der Waals surface area contributed by atoms with E-state index >= 15 is 0 Å². The molecule has 0 aliphatic heterocycles. The topological polar surface area (TPSA) is 53.1 Å². The van der Waals surface area contributed by atoms with Gasteiger partial charge < -0.3 is 15.0 Å². The number of rotatable bonds is 5. The summed E-state index contributed by atoms with van der Waals surface area (Å²) in [5, 5.41) is 0. The van der Waals surface area contributed by atoms with E-state index in [-0.39, 0.29) is 0 Å². The third kappa shape index (κ3) is 2.15. The maximum atomic E-state index is 6.15. The summed E-state index contributed by atoms with van der Waals surface area (Å²) in [4.78, 5) is 4.50. The predicted octanol–water partition coefficient (Wildman–Crippen LogP) is 3.38. The van der Waals surface area contributed by atoms with Crippen LogP contribution in [0.25, 0.3) is 11.0 Å². The second-order valence-electron chi connectivity index (χ2n) is 5.41. The van der Waals surface area contributed by atoms with Gasteiger partial charge in [0.15, 0.2) is 0 Å². The number of nitrogens with zero attached hydrogens (tertiary/aromatic N) is 2. The summed E-state index contributed by atoms with van der Waals surface area (Å²) in [6, 6.07) is 6.46. The van der Waals surface area contributed by atoms with E-state index in [1.807, 2.05) is 12.1 Å². The van der Waals surface area contributed by atoms with Gasteiger partial charge in [0.05, 0.1) is 12.6 Å². The normalized spacial score (nSPS) is 16.7. The van der Waals surface area contributed by atoms with Gasteiger partial charge >= 0.3 is 0 Å². The van der Waals surface area contributed by atoms with E-state index in [0.29, 0.717) is 12.0 Å². The first kappa shape index (κ1) is 12.3. The maximum Gasteiger partial charge on any atom is 0.201 e. The molecule has 1 fully saturated rings. The van der Waals surface area contributed by atoms with Crippen LogP contribution in [0.15, 0.2) is 18.2 Å². The molecule has 1 aliphatic carbocycles. The summed E-state index contributed by atoms with van der Waals surface area (Å²) in [6.07, 6.45) is 5.03. The number of ether oxygens (including phenoxy) is 1. The van der Waals surface area contributed by atoms with Crippen LogP contribution in [0.2, 0.25) is 0 Å². The SMILES string of the molecule is CCC(CC1CC1)n1c(N)nc2c(OC)cccc21. The quantitative estimate of drug-likeness (QED) is 0.895. The van der Waals surface area contributed by atoms with Crippen molar-refractivity contribution in [3.05, 3.63) is 18.2 Å². The van der Waals surface area contributed by atoms with Gasteiger partial charge in [-0.05, 0) is 30.9 Å². The Kier molecular flexibility index (Phi) is 3.09. The average molecular weight is 259 g/mol. The van der Waals surface area contributed by atoms with Crippen molar-refractivity contribution in [2.75, 3.05) is 12.8 Å². The molecule has 1 aromatic heterocycles. The van der Waals surface area contributed by atoms with Crippen LogP contribution in [0, 0.1) is 5.92 Å². The summed E-state index contributed by atoms with van der Waals surface area (Å²) in [7, 11) is 1.67. The molecule has 1 heterocycles. The van der Waals surface area contributed by atoms with Crippen molar-refractivity contribution < 1.29 is 4.74 Å². The molecule has 1 aromatic carbocycles. The second-order valence-corrected chi connectivity index (χ2v) is 5.41. The van der Waals surface area contributed by atoms with Crippen molar-refractivity contribution in [3.8, 4) is 5.75 Å². The van der Waals surface area contributed by atoms with Crippen LogP contribution in [0.4, 0.5) is 5.95 Å². The number of para-hydroxylation sites is 1. The van der Waals surface area contributed by atoms with E-state index in [4.69, 9.17) is 10.5 Å². The minimum Gasteiger partial charge on any atom is -0.494 e. The molecular weight excluding hydrogens is 238 g/mol. The average Bonchev–Trinajstić information content (AvgIpc) is 3.17. The van der Waals surface area contributed by atoms with Crippen molar-refractivity contribution in [3.63, 3.8) is 0 Å². The summed E-state index contributed by atoms with van der Waals surface area (Å²) in [5.41, 5.74) is 8.11. The Morgan fingerprint density at radius 3 is 2.89 bits per heavy atom. The highest BCUT2D eigenvalue weighted by Gasteiger charge is 2.27. The molecule has 0 amide bonds. The summed E-state index contributed by atoms with van der Waals surface area (Å²) in [6.45, 7) is 2.22. The lowest BCUT2D eigenvalue weighted by atomic mass is 10.1. The predicted molar refractivity (Wildman–Crippen MR) is 77.4 cm³/mol. The van der Waals surface area contributed by atoms with Crippen LogP contribution in [0.5, 0.6) is 5.75 Å². The lowest BCUT2D eigenvalue weighted by Crippen LogP contribution is -2.12. The van der Waals surface area contributed by atoms with Gasteiger partial charge in [0.1, 0.15) is 11.3 Å². The molecule has 4 heteroatoms. The largest absolute Gasteiger partial charge is 0.494 e. The van der Waals surface area contributed by atoms with Crippen molar-refractivity contribution >= 4 is 17.0 Å². The highest BCUT2D eigenvalue weighted by atomic mass is 16.5. The third-order valence-corrected chi connectivity index (χ3v) is 4.07. The minimum absolute atomic E-state index is 0.449. The molecule has 1 saturated carbocycles. The Balaban J connectivity index is 2.08. The zero-order valence-electron chi connectivity index (χ0n) is 11.6. The van der Waals surface area contributed by atoms with E-state index < -0.39 is 0 Å². The Bertz CT molecular complexity index is 586. The molecule has 1 atom stereocenters. The van der Waals surface area contributed by atoms with Gasteiger partial charge in [-0.2, -0.15) is 0 Å². The molecule has 1 aliphatic rings. The highest BCUT2D eigenvalue weighted by molar-refractivity contribution is 5.84. The number of fused-ring (bicyclic) bond motifs is 1. The van der Waals surface area contributed by atoms with Crippen LogP contribution >= 0.6 is 0 Å². The number of nitrogens with two attached hydrogens (primary N) is 1. The lowest BCUT2D eigenvalue weighted by molar-refractivity contribution is 0.418. The van der Waals surface area contributed by atoms with Crippen LogP contribution in [-0.2, 0) is 0 Å². The fraction of sp³-hybridized carbons (Fsp3) is 0.533. The lowest BCUT2D eigenvalue weighted by Gasteiger charge is -2.19. The van der Waals surface area contributed by atoms with Gasteiger partial charge in [0.25, 0.3) is 0 Å². The monoisotopic (exact) mass is 259 g/mol. The smallest absolute Gasteiger partial charge is 0.201 e. The highest BCUT2D eigenvalue weighted by Crippen LogP contribution is 2.40. The number of anilines is 1. The van der Waals surface area contributed by atoms with E-state index in [9.17, 15) is 0 Å². The molecule has 2 N–H and O–H groups in total.